The molecule has 1 aromatic rings. The van der Waals surface area contributed by atoms with Crippen molar-refractivity contribution in [3.8, 4) is 0 Å². The monoisotopic (exact) mass is 371 g/mol. The van der Waals surface area contributed by atoms with E-state index in [0.29, 0.717) is 19.8 Å². The van der Waals surface area contributed by atoms with E-state index >= 15 is 0 Å². The Balaban J connectivity index is 2.89. The van der Waals surface area contributed by atoms with Crippen LogP contribution >= 0.6 is 7.60 Å². The molecule has 0 aliphatic carbocycles. The first-order chi connectivity index (χ1) is 11.6. The summed E-state index contributed by atoms with van der Waals surface area (Å²) in [5.41, 5.74) is 1.00. The minimum absolute atomic E-state index is 0.202. The summed E-state index contributed by atoms with van der Waals surface area (Å²) in [5.74, 6) is 0. The van der Waals surface area contributed by atoms with Gasteiger partial charge in [0.25, 0.3) is 0 Å². The molecule has 0 saturated heterocycles. The molecule has 0 spiro atoms. The van der Waals surface area contributed by atoms with Gasteiger partial charge >= 0.3 is 13.7 Å². The van der Waals surface area contributed by atoms with Crippen molar-refractivity contribution >= 4 is 19.4 Å². The fourth-order valence-electron chi connectivity index (χ4n) is 2.26. The smallest absolute Gasteiger partial charge is 0.414 e. The van der Waals surface area contributed by atoms with Crippen molar-refractivity contribution in [3.05, 3.63) is 29.8 Å². The third kappa shape index (κ3) is 7.18. The van der Waals surface area contributed by atoms with Crippen LogP contribution in [0.15, 0.2) is 24.3 Å². The predicted molar refractivity (Wildman–Crippen MR) is 100 cm³/mol. The molecular formula is C18H30NO5P. The van der Waals surface area contributed by atoms with Gasteiger partial charge in [0.15, 0.2) is 0 Å². The molecule has 1 rings (SSSR count). The van der Waals surface area contributed by atoms with Crippen molar-refractivity contribution in [3.63, 3.8) is 0 Å². The number of hydrogen-bond acceptors (Lipinski definition) is 5. The summed E-state index contributed by atoms with van der Waals surface area (Å²) in [6.07, 6.45) is -0.190. The van der Waals surface area contributed by atoms with Crippen molar-refractivity contribution in [2.45, 2.75) is 53.3 Å². The molecule has 0 heterocycles. The van der Waals surface area contributed by atoms with Gasteiger partial charge < -0.3 is 13.8 Å². The van der Waals surface area contributed by atoms with Gasteiger partial charge in [0.2, 0.25) is 0 Å². The number of rotatable bonds is 8. The number of benzene rings is 1. The zero-order chi connectivity index (χ0) is 19.1. The Labute approximate surface area is 151 Å². The van der Waals surface area contributed by atoms with E-state index in [9.17, 15) is 9.36 Å². The highest BCUT2D eigenvalue weighted by atomic mass is 31.2. The van der Waals surface area contributed by atoms with Crippen LogP contribution in [0.2, 0.25) is 0 Å². The summed E-state index contributed by atoms with van der Waals surface area (Å²) >= 11 is 0. The maximum Gasteiger partial charge on any atom is 0.414 e. The van der Waals surface area contributed by atoms with E-state index in [2.05, 4.69) is 0 Å². The standard InChI is InChI=1S/C18H30NO5P/c1-7-19(17(20)24-18(4,5)6)16-12-10-15(11-13-16)14-25(21,22-8-2)23-9-3/h10-13H,7-9,14H2,1-6H3. The van der Waals surface area contributed by atoms with Crippen LogP contribution in [0.4, 0.5) is 10.5 Å². The second-order valence-corrected chi connectivity index (χ2v) is 8.55. The first-order valence-electron chi connectivity index (χ1n) is 8.61. The van der Waals surface area contributed by atoms with Gasteiger partial charge in [-0.1, -0.05) is 12.1 Å². The van der Waals surface area contributed by atoms with Gasteiger partial charge in [-0.3, -0.25) is 9.46 Å². The lowest BCUT2D eigenvalue weighted by Crippen LogP contribution is -2.36. The maximum atomic E-state index is 12.6. The van der Waals surface area contributed by atoms with Crippen LogP contribution in [0, 0.1) is 0 Å². The molecule has 0 bridgehead atoms. The molecule has 142 valence electrons. The van der Waals surface area contributed by atoms with Gasteiger partial charge in [-0.25, -0.2) is 4.79 Å². The Kier molecular flexibility index (Phi) is 8.13. The topological polar surface area (TPSA) is 65.1 Å². The molecule has 25 heavy (non-hydrogen) atoms. The Morgan fingerprint density at radius 3 is 1.96 bits per heavy atom. The Bertz CT molecular complexity index is 584. The van der Waals surface area contributed by atoms with Gasteiger partial charge in [-0.15, -0.1) is 0 Å². The first-order valence-corrected chi connectivity index (χ1v) is 10.3. The van der Waals surface area contributed by atoms with E-state index < -0.39 is 19.3 Å². The van der Waals surface area contributed by atoms with E-state index in [1.54, 1.807) is 18.7 Å². The fraction of sp³-hybridized carbons (Fsp3) is 0.611. The normalized spacial score (nSPS) is 12.1. The van der Waals surface area contributed by atoms with E-state index in [1.165, 1.54) is 0 Å². The maximum absolute atomic E-state index is 12.6. The van der Waals surface area contributed by atoms with Crippen molar-refractivity contribution in [2.24, 2.45) is 0 Å². The number of hydrogen-bond donors (Lipinski definition) is 0. The predicted octanol–water partition coefficient (Wildman–Crippen LogP) is 5.21. The summed E-state index contributed by atoms with van der Waals surface area (Å²) in [5, 5.41) is 0. The SMILES string of the molecule is CCOP(=O)(Cc1ccc(N(CC)C(=O)OC(C)(C)C)cc1)OCC. The zero-order valence-electron chi connectivity index (χ0n) is 16.1. The molecule has 0 unspecified atom stereocenters. The van der Waals surface area contributed by atoms with Crippen molar-refractivity contribution < 1.29 is 23.1 Å². The van der Waals surface area contributed by atoms with Crippen LogP contribution in [0.25, 0.3) is 0 Å². The Morgan fingerprint density at radius 1 is 1.04 bits per heavy atom. The van der Waals surface area contributed by atoms with Gasteiger partial charge in [-0.05, 0) is 59.2 Å². The minimum atomic E-state index is -3.14. The number of nitrogens with zero attached hydrogens (tertiary/aromatic N) is 1. The van der Waals surface area contributed by atoms with Crippen LogP contribution in [0.1, 0.15) is 47.1 Å². The molecule has 7 heteroatoms. The molecule has 0 aliphatic heterocycles. The Hall–Kier alpha value is -1.36. The highest BCUT2D eigenvalue weighted by molar-refractivity contribution is 7.53. The summed E-state index contributed by atoms with van der Waals surface area (Å²) in [6, 6.07) is 7.27. The molecule has 0 radical (unpaired) electrons. The lowest BCUT2D eigenvalue weighted by molar-refractivity contribution is 0.0582. The summed E-state index contributed by atoms with van der Waals surface area (Å²) in [6.45, 7) is 12.1. The van der Waals surface area contributed by atoms with E-state index in [4.69, 9.17) is 13.8 Å². The van der Waals surface area contributed by atoms with Crippen LogP contribution in [-0.2, 0) is 24.5 Å². The largest absolute Gasteiger partial charge is 0.443 e. The quantitative estimate of drug-likeness (QED) is 0.587. The number of ether oxygens (including phenoxy) is 1. The van der Waals surface area contributed by atoms with Crippen molar-refractivity contribution in [1.82, 2.24) is 0 Å². The number of carbonyl (C=O) groups excluding carboxylic acids is 1. The van der Waals surface area contributed by atoms with E-state index in [1.807, 2.05) is 52.0 Å². The van der Waals surface area contributed by atoms with Crippen LogP contribution in [-0.4, -0.2) is 31.5 Å². The van der Waals surface area contributed by atoms with Crippen LogP contribution < -0.4 is 4.90 Å². The van der Waals surface area contributed by atoms with Gasteiger partial charge in [0, 0.05) is 12.2 Å². The second kappa shape index (κ2) is 9.37. The van der Waals surface area contributed by atoms with Crippen LogP contribution in [0.5, 0.6) is 0 Å². The molecule has 0 saturated carbocycles. The van der Waals surface area contributed by atoms with Gasteiger partial charge in [-0.2, -0.15) is 0 Å². The minimum Gasteiger partial charge on any atom is -0.443 e. The molecule has 0 aliphatic rings. The van der Waals surface area contributed by atoms with Crippen LogP contribution in [0.3, 0.4) is 0 Å². The molecule has 0 N–H and O–H groups in total. The molecule has 0 atom stereocenters. The van der Waals surface area contributed by atoms with Crippen molar-refractivity contribution in [2.75, 3.05) is 24.7 Å². The van der Waals surface area contributed by atoms with Crippen molar-refractivity contribution in [1.29, 1.82) is 0 Å². The molecule has 0 aromatic heterocycles. The second-order valence-electron chi connectivity index (χ2n) is 6.50. The zero-order valence-corrected chi connectivity index (χ0v) is 17.0. The van der Waals surface area contributed by atoms with E-state index in [0.717, 1.165) is 11.3 Å². The number of carbonyl (C=O) groups is 1. The first kappa shape index (κ1) is 21.7. The third-order valence-electron chi connectivity index (χ3n) is 3.21. The average Bonchev–Trinajstić information content (AvgIpc) is 2.48. The molecule has 6 nitrogen and oxygen atoms in total. The number of amides is 1. The molecule has 1 amide bonds. The van der Waals surface area contributed by atoms with Gasteiger partial charge in [0.05, 0.1) is 19.4 Å². The van der Waals surface area contributed by atoms with Gasteiger partial charge in [0.1, 0.15) is 5.60 Å². The third-order valence-corrected chi connectivity index (χ3v) is 5.26. The molecular weight excluding hydrogens is 341 g/mol. The highest BCUT2D eigenvalue weighted by Gasteiger charge is 2.25. The highest BCUT2D eigenvalue weighted by Crippen LogP contribution is 2.51. The summed E-state index contributed by atoms with van der Waals surface area (Å²) in [4.78, 5) is 13.8. The average molecular weight is 371 g/mol. The Morgan fingerprint density at radius 2 is 1.56 bits per heavy atom. The summed E-state index contributed by atoms with van der Waals surface area (Å²) in [7, 11) is -3.14. The summed E-state index contributed by atoms with van der Waals surface area (Å²) < 4.78 is 28.6. The fourth-order valence-corrected chi connectivity index (χ4v) is 3.96. The molecule has 1 aromatic carbocycles. The van der Waals surface area contributed by atoms with E-state index in [-0.39, 0.29) is 6.16 Å². The molecule has 0 fully saturated rings. The lowest BCUT2D eigenvalue weighted by Gasteiger charge is -2.26. The lowest BCUT2D eigenvalue weighted by atomic mass is 10.2. The number of anilines is 1.